The van der Waals surface area contributed by atoms with Gasteiger partial charge in [-0.1, -0.05) is 26.8 Å². The standard InChI is InChI=1S/C21H27FN2O2.C4H8O.C2H5N.CH3NO/c1-13-16(7-5-4-6-10-26-3)14(2)23-20(13)12-18-17-11-15(22)8-9-19(17)24-21(18)25;1-4(2)3-5;1-2-3;2-1-3/h8-9,11,18,23H,4-7,10,12H2,1-3H3,(H,24,25);3-4H,1-2H3;2H,1,3H2;1H,(H2,2,3). The minimum Gasteiger partial charge on any atom is -0.405 e. The second-order valence-corrected chi connectivity index (χ2v) is 8.86. The Hall–Kier alpha value is -3.46. The number of methoxy groups -OCH3 is 1. The Balaban J connectivity index is 0.00000100. The molecule has 2 aromatic rings. The Labute approximate surface area is 220 Å². The molecule has 1 unspecified atom stereocenters. The van der Waals surface area contributed by atoms with E-state index >= 15 is 0 Å². The highest BCUT2D eigenvalue weighted by molar-refractivity contribution is 6.03. The molecule has 6 N–H and O–H groups in total. The second-order valence-electron chi connectivity index (χ2n) is 8.86. The van der Waals surface area contributed by atoms with Crippen molar-refractivity contribution in [3.8, 4) is 0 Å². The third kappa shape index (κ3) is 11.9. The monoisotopic (exact) mass is 518 g/mol. The first kappa shape index (κ1) is 33.5. The summed E-state index contributed by atoms with van der Waals surface area (Å²) in [5.74, 6) is -0.498. The predicted octanol–water partition coefficient (Wildman–Crippen LogP) is 4.44. The number of aromatic amines is 1. The zero-order valence-electron chi connectivity index (χ0n) is 22.7. The van der Waals surface area contributed by atoms with Gasteiger partial charge in [0.2, 0.25) is 12.3 Å². The number of anilines is 1. The second kappa shape index (κ2) is 18.8. The average Bonchev–Trinajstić information content (AvgIpc) is 3.30. The summed E-state index contributed by atoms with van der Waals surface area (Å²) in [6.45, 7) is 11.9. The molecule has 9 heteroatoms. The number of rotatable bonds is 9. The van der Waals surface area contributed by atoms with Crippen LogP contribution < -0.4 is 16.8 Å². The van der Waals surface area contributed by atoms with Crippen LogP contribution in [-0.2, 0) is 32.0 Å². The molecule has 0 bridgehead atoms. The van der Waals surface area contributed by atoms with Gasteiger partial charge in [0.25, 0.3) is 0 Å². The Morgan fingerprint density at radius 2 is 1.76 bits per heavy atom. The van der Waals surface area contributed by atoms with Crippen LogP contribution in [0.4, 0.5) is 10.1 Å². The summed E-state index contributed by atoms with van der Waals surface area (Å²) in [7, 11) is 1.73. The van der Waals surface area contributed by atoms with Crippen LogP contribution in [0.25, 0.3) is 0 Å². The van der Waals surface area contributed by atoms with Crippen LogP contribution in [0, 0.1) is 25.6 Å². The van der Waals surface area contributed by atoms with Gasteiger partial charge in [-0.25, -0.2) is 4.39 Å². The van der Waals surface area contributed by atoms with Gasteiger partial charge in [-0.15, -0.1) is 0 Å². The molecule has 206 valence electrons. The maximum absolute atomic E-state index is 13.6. The minimum absolute atomic E-state index is 0.0571. The molecule has 1 aromatic heterocycles. The summed E-state index contributed by atoms with van der Waals surface area (Å²) in [6.07, 6.45) is 7.36. The summed E-state index contributed by atoms with van der Waals surface area (Å²) in [5.41, 5.74) is 15.1. The normalized spacial score (nSPS) is 13.1. The van der Waals surface area contributed by atoms with Crippen LogP contribution in [0.5, 0.6) is 0 Å². The fourth-order valence-electron chi connectivity index (χ4n) is 3.87. The third-order valence-electron chi connectivity index (χ3n) is 5.62. The molecular formula is C28H43FN4O4. The first-order chi connectivity index (χ1) is 17.6. The van der Waals surface area contributed by atoms with E-state index < -0.39 is 0 Å². The molecule has 8 nitrogen and oxygen atoms in total. The van der Waals surface area contributed by atoms with Crippen LogP contribution in [0.1, 0.15) is 67.1 Å². The molecule has 1 aromatic carbocycles. The molecule has 0 aliphatic carbocycles. The fraction of sp³-hybridized carbons (Fsp3) is 0.464. The summed E-state index contributed by atoms with van der Waals surface area (Å²) in [5, 5.41) is 2.86. The molecule has 37 heavy (non-hydrogen) atoms. The number of hydrogen-bond donors (Lipinski definition) is 4. The highest BCUT2D eigenvalue weighted by Gasteiger charge is 2.32. The van der Waals surface area contributed by atoms with Crippen molar-refractivity contribution in [2.24, 2.45) is 17.4 Å². The number of benzene rings is 1. The van der Waals surface area contributed by atoms with Crippen LogP contribution in [0.2, 0.25) is 0 Å². The van der Waals surface area contributed by atoms with Crippen molar-refractivity contribution in [3.63, 3.8) is 0 Å². The number of unbranched alkanes of at least 4 members (excludes halogenated alkanes) is 2. The Morgan fingerprint density at radius 1 is 1.16 bits per heavy atom. The number of nitrogens with one attached hydrogen (secondary N) is 2. The van der Waals surface area contributed by atoms with E-state index in [1.165, 1.54) is 35.2 Å². The summed E-state index contributed by atoms with van der Waals surface area (Å²) < 4.78 is 18.7. The lowest BCUT2D eigenvalue weighted by Crippen LogP contribution is -2.15. The highest BCUT2D eigenvalue weighted by Crippen LogP contribution is 2.36. The van der Waals surface area contributed by atoms with Crippen LogP contribution in [-0.4, -0.2) is 37.3 Å². The van der Waals surface area contributed by atoms with Crippen molar-refractivity contribution in [3.05, 3.63) is 64.9 Å². The number of H-pyrrole nitrogens is 1. The maximum atomic E-state index is 13.6. The molecule has 0 fully saturated rings. The highest BCUT2D eigenvalue weighted by atomic mass is 19.1. The first-order valence-corrected chi connectivity index (χ1v) is 12.3. The van der Waals surface area contributed by atoms with Gasteiger partial charge in [-0.3, -0.25) is 9.59 Å². The summed E-state index contributed by atoms with van der Waals surface area (Å²) >= 11 is 0. The van der Waals surface area contributed by atoms with Crippen molar-refractivity contribution < 1.29 is 23.5 Å². The lowest BCUT2D eigenvalue weighted by Gasteiger charge is -2.09. The number of fused-ring (bicyclic) bond motifs is 1. The van der Waals surface area contributed by atoms with Crippen molar-refractivity contribution in [1.82, 2.24) is 4.98 Å². The van der Waals surface area contributed by atoms with E-state index in [1.54, 1.807) is 13.2 Å². The van der Waals surface area contributed by atoms with Gasteiger partial charge in [0.1, 0.15) is 12.1 Å². The largest absolute Gasteiger partial charge is 0.405 e. The minimum atomic E-state index is -0.341. The molecule has 0 spiro atoms. The van der Waals surface area contributed by atoms with E-state index in [-0.39, 0.29) is 30.0 Å². The fourth-order valence-corrected chi connectivity index (χ4v) is 3.87. The quantitative estimate of drug-likeness (QED) is 0.287. The van der Waals surface area contributed by atoms with Gasteiger partial charge in [0, 0.05) is 43.1 Å². The lowest BCUT2D eigenvalue weighted by atomic mass is 9.93. The van der Waals surface area contributed by atoms with Gasteiger partial charge in [0.05, 0.1) is 5.92 Å². The van der Waals surface area contributed by atoms with Crippen LogP contribution in [0.15, 0.2) is 31.0 Å². The van der Waals surface area contributed by atoms with E-state index in [2.05, 4.69) is 42.2 Å². The number of amides is 2. The predicted molar refractivity (Wildman–Crippen MR) is 147 cm³/mol. The molecule has 1 aliphatic heterocycles. The molecule has 1 atom stereocenters. The SMILES string of the molecule is C=CN.CC(C)C=O.COCCCCCc1c(C)[nH]c(CC2C(=O)Nc3ccc(F)cc32)c1C.NC=O. The zero-order valence-corrected chi connectivity index (χ0v) is 22.7. The van der Waals surface area contributed by atoms with Gasteiger partial charge in [-0.2, -0.15) is 0 Å². The van der Waals surface area contributed by atoms with E-state index in [0.717, 1.165) is 55.5 Å². The first-order valence-electron chi connectivity index (χ1n) is 12.3. The van der Waals surface area contributed by atoms with Crippen molar-refractivity contribution in [1.29, 1.82) is 0 Å². The number of nitrogens with two attached hydrogens (primary N) is 2. The number of hydrogen-bond acceptors (Lipinski definition) is 5. The zero-order chi connectivity index (χ0) is 28.4. The van der Waals surface area contributed by atoms with E-state index in [9.17, 15) is 14.0 Å². The van der Waals surface area contributed by atoms with Crippen molar-refractivity contribution in [2.75, 3.05) is 19.0 Å². The van der Waals surface area contributed by atoms with Crippen LogP contribution >= 0.6 is 0 Å². The average molecular weight is 519 g/mol. The van der Waals surface area contributed by atoms with Crippen molar-refractivity contribution in [2.45, 2.75) is 65.7 Å². The summed E-state index contributed by atoms with van der Waals surface area (Å²) in [6, 6.07) is 4.49. The number of ether oxygens (including phenoxy) is 1. The van der Waals surface area contributed by atoms with E-state index in [1.807, 2.05) is 13.8 Å². The molecule has 0 saturated heterocycles. The number of carbonyl (C=O) groups is 3. The molecule has 1 aliphatic rings. The molecular weight excluding hydrogens is 475 g/mol. The molecule has 2 heterocycles. The Bertz CT molecular complexity index is 983. The number of carbonyl (C=O) groups excluding carboxylic acids is 3. The molecule has 0 radical (unpaired) electrons. The van der Waals surface area contributed by atoms with Gasteiger partial charge < -0.3 is 31.3 Å². The molecule has 2 amide bonds. The number of halogens is 1. The third-order valence-corrected chi connectivity index (χ3v) is 5.62. The van der Waals surface area contributed by atoms with E-state index in [0.29, 0.717) is 6.42 Å². The number of aryl methyl sites for hydroxylation is 1. The van der Waals surface area contributed by atoms with Crippen molar-refractivity contribution >= 4 is 24.3 Å². The molecule has 0 saturated carbocycles. The van der Waals surface area contributed by atoms with Gasteiger partial charge in [0.15, 0.2) is 0 Å². The van der Waals surface area contributed by atoms with E-state index in [4.69, 9.17) is 9.53 Å². The smallest absolute Gasteiger partial charge is 0.232 e. The molecule has 3 rings (SSSR count). The van der Waals surface area contributed by atoms with Crippen LogP contribution in [0.3, 0.4) is 0 Å². The maximum Gasteiger partial charge on any atom is 0.232 e. The topological polar surface area (TPSA) is 140 Å². The lowest BCUT2D eigenvalue weighted by molar-refractivity contribution is -0.117. The summed E-state index contributed by atoms with van der Waals surface area (Å²) in [4.78, 5) is 33.9. The van der Waals surface area contributed by atoms with Gasteiger partial charge in [-0.05, 0) is 74.2 Å². The number of primary amides is 1. The Kier molecular flexibility index (Phi) is 17.0. The Morgan fingerprint density at radius 3 is 2.30 bits per heavy atom. The number of aldehydes is 1. The number of aromatic nitrogens is 1. The van der Waals surface area contributed by atoms with Gasteiger partial charge >= 0.3 is 0 Å².